The van der Waals surface area contributed by atoms with Gasteiger partial charge in [0.2, 0.25) is 0 Å². The lowest BCUT2D eigenvalue weighted by Gasteiger charge is -2.23. The molecule has 20 heavy (non-hydrogen) atoms. The zero-order valence-electron chi connectivity index (χ0n) is 12.5. The second-order valence-corrected chi connectivity index (χ2v) is 6.01. The Bertz CT molecular complexity index is 578. The Morgan fingerprint density at radius 2 is 2.00 bits per heavy atom. The molecule has 2 atom stereocenters. The van der Waals surface area contributed by atoms with Crippen LogP contribution in [0.2, 0.25) is 0 Å². The van der Waals surface area contributed by atoms with Crippen LogP contribution >= 0.6 is 0 Å². The molecule has 0 amide bonds. The smallest absolute Gasteiger partial charge is 0.0292 e. The normalized spacial score (nSPS) is 21.4. The monoisotopic (exact) mass is 268 g/mol. The topological polar surface area (TPSA) is 15.3 Å². The number of benzene rings is 2. The van der Waals surface area contributed by atoms with Crippen LogP contribution < -0.4 is 5.32 Å². The lowest BCUT2D eigenvalue weighted by Crippen LogP contribution is -2.36. The molecule has 1 aliphatic heterocycles. The van der Waals surface area contributed by atoms with Crippen molar-refractivity contribution in [3.8, 4) is 0 Å². The SMILES string of the molecule is CC(NCC1CCCN1C)c1ccc2ccccc2c1. The molecule has 2 aromatic carbocycles. The molecule has 1 aliphatic rings. The Hall–Kier alpha value is -1.38. The van der Waals surface area contributed by atoms with Crippen LogP contribution in [0.15, 0.2) is 42.5 Å². The quantitative estimate of drug-likeness (QED) is 0.911. The van der Waals surface area contributed by atoms with Gasteiger partial charge in [0.1, 0.15) is 0 Å². The number of hydrogen-bond acceptors (Lipinski definition) is 2. The second-order valence-electron chi connectivity index (χ2n) is 6.01. The van der Waals surface area contributed by atoms with Crippen molar-refractivity contribution in [3.05, 3.63) is 48.0 Å². The van der Waals surface area contributed by atoms with Gasteiger partial charge in [-0.15, -0.1) is 0 Å². The van der Waals surface area contributed by atoms with E-state index in [-0.39, 0.29) is 0 Å². The maximum absolute atomic E-state index is 3.69. The molecule has 2 unspecified atom stereocenters. The van der Waals surface area contributed by atoms with Crippen LogP contribution in [0.3, 0.4) is 0 Å². The van der Waals surface area contributed by atoms with Crippen molar-refractivity contribution in [3.63, 3.8) is 0 Å². The van der Waals surface area contributed by atoms with E-state index in [1.807, 2.05) is 0 Å². The lowest BCUT2D eigenvalue weighted by atomic mass is 10.0. The maximum Gasteiger partial charge on any atom is 0.0292 e. The van der Waals surface area contributed by atoms with Gasteiger partial charge in [0.25, 0.3) is 0 Å². The molecule has 1 N–H and O–H groups in total. The van der Waals surface area contributed by atoms with Crippen molar-refractivity contribution in [2.45, 2.75) is 31.8 Å². The molecular formula is C18H24N2. The standard InChI is InChI=1S/C18H24N2/c1-14(19-13-18-8-5-11-20(18)2)16-10-9-15-6-3-4-7-17(15)12-16/h3-4,6-7,9-10,12,14,18-19H,5,8,11,13H2,1-2H3. The van der Waals surface area contributed by atoms with E-state index in [2.05, 4.69) is 66.7 Å². The summed E-state index contributed by atoms with van der Waals surface area (Å²) in [6.07, 6.45) is 2.67. The highest BCUT2D eigenvalue weighted by molar-refractivity contribution is 5.83. The minimum atomic E-state index is 0.411. The minimum Gasteiger partial charge on any atom is -0.309 e. The predicted octanol–water partition coefficient (Wildman–Crippen LogP) is 3.58. The van der Waals surface area contributed by atoms with Gasteiger partial charge in [0.05, 0.1) is 0 Å². The third-order valence-electron chi connectivity index (χ3n) is 4.60. The third-order valence-corrected chi connectivity index (χ3v) is 4.60. The van der Waals surface area contributed by atoms with Gasteiger partial charge < -0.3 is 10.2 Å². The van der Waals surface area contributed by atoms with Gasteiger partial charge in [-0.05, 0) is 55.8 Å². The summed E-state index contributed by atoms with van der Waals surface area (Å²) in [5, 5.41) is 6.34. The van der Waals surface area contributed by atoms with Crippen LogP contribution in [0.5, 0.6) is 0 Å². The van der Waals surface area contributed by atoms with Gasteiger partial charge in [0.15, 0.2) is 0 Å². The fourth-order valence-electron chi connectivity index (χ4n) is 3.14. The average Bonchev–Trinajstić information content (AvgIpc) is 2.89. The molecule has 2 heteroatoms. The van der Waals surface area contributed by atoms with E-state index in [4.69, 9.17) is 0 Å². The summed E-state index contributed by atoms with van der Waals surface area (Å²) in [5.74, 6) is 0. The molecule has 106 valence electrons. The van der Waals surface area contributed by atoms with Crippen LogP contribution in [0.4, 0.5) is 0 Å². The maximum atomic E-state index is 3.69. The highest BCUT2D eigenvalue weighted by Gasteiger charge is 2.21. The predicted molar refractivity (Wildman–Crippen MR) is 86.0 cm³/mol. The highest BCUT2D eigenvalue weighted by Crippen LogP contribution is 2.21. The van der Waals surface area contributed by atoms with Crippen molar-refractivity contribution in [2.24, 2.45) is 0 Å². The Labute approximate surface area is 121 Å². The van der Waals surface area contributed by atoms with Gasteiger partial charge in [-0.2, -0.15) is 0 Å². The van der Waals surface area contributed by atoms with Crippen LogP contribution in [-0.2, 0) is 0 Å². The molecule has 1 fully saturated rings. The van der Waals surface area contributed by atoms with Gasteiger partial charge in [-0.1, -0.05) is 36.4 Å². The first-order valence-electron chi connectivity index (χ1n) is 7.66. The molecule has 0 spiro atoms. The molecule has 0 aromatic heterocycles. The average molecular weight is 268 g/mol. The number of nitrogens with zero attached hydrogens (tertiary/aromatic N) is 1. The number of hydrogen-bond donors (Lipinski definition) is 1. The number of likely N-dealkylation sites (N-methyl/N-ethyl adjacent to an activating group) is 1. The van der Waals surface area contributed by atoms with Crippen LogP contribution in [-0.4, -0.2) is 31.1 Å². The van der Waals surface area contributed by atoms with Crippen molar-refractivity contribution < 1.29 is 0 Å². The number of rotatable bonds is 4. The van der Waals surface area contributed by atoms with E-state index in [1.54, 1.807) is 0 Å². The van der Waals surface area contributed by atoms with Crippen LogP contribution in [0.1, 0.15) is 31.4 Å². The van der Waals surface area contributed by atoms with E-state index in [9.17, 15) is 0 Å². The molecule has 0 saturated carbocycles. The molecule has 3 rings (SSSR count). The van der Waals surface area contributed by atoms with E-state index < -0.39 is 0 Å². The Morgan fingerprint density at radius 3 is 2.75 bits per heavy atom. The number of likely N-dealkylation sites (tertiary alicyclic amines) is 1. The zero-order chi connectivity index (χ0) is 13.9. The molecular weight excluding hydrogens is 244 g/mol. The van der Waals surface area contributed by atoms with E-state index in [0.29, 0.717) is 12.1 Å². The van der Waals surface area contributed by atoms with Gasteiger partial charge >= 0.3 is 0 Å². The molecule has 0 aliphatic carbocycles. The first-order valence-corrected chi connectivity index (χ1v) is 7.66. The van der Waals surface area contributed by atoms with Crippen LogP contribution in [0.25, 0.3) is 10.8 Å². The van der Waals surface area contributed by atoms with Gasteiger partial charge in [-0.25, -0.2) is 0 Å². The molecule has 0 radical (unpaired) electrons. The third kappa shape index (κ3) is 2.87. The van der Waals surface area contributed by atoms with Crippen molar-refractivity contribution in [2.75, 3.05) is 20.1 Å². The Morgan fingerprint density at radius 1 is 1.20 bits per heavy atom. The summed E-state index contributed by atoms with van der Waals surface area (Å²) in [7, 11) is 2.24. The second kappa shape index (κ2) is 5.94. The largest absolute Gasteiger partial charge is 0.309 e. The van der Waals surface area contributed by atoms with Gasteiger partial charge in [0, 0.05) is 18.6 Å². The highest BCUT2D eigenvalue weighted by atomic mass is 15.2. The number of fused-ring (bicyclic) bond motifs is 1. The Balaban J connectivity index is 1.67. The summed E-state index contributed by atoms with van der Waals surface area (Å²) in [4.78, 5) is 2.47. The molecule has 2 nitrogen and oxygen atoms in total. The summed E-state index contributed by atoms with van der Waals surface area (Å²) in [6, 6.07) is 16.5. The summed E-state index contributed by atoms with van der Waals surface area (Å²) >= 11 is 0. The molecule has 1 heterocycles. The summed E-state index contributed by atoms with van der Waals surface area (Å²) in [5.41, 5.74) is 1.38. The Kier molecular flexibility index (Phi) is 4.04. The zero-order valence-corrected chi connectivity index (χ0v) is 12.5. The van der Waals surface area contributed by atoms with Crippen LogP contribution in [0, 0.1) is 0 Å². The molecule has 2 aromatic rings. The molecule has 0 bridgehead atoms. The summed E-state index contributed by atoms with van der Waals surface area (Å²) < 4.78 is 0. The summed E-state index contributed by atoms with van der Waals surface area (Å²) in [6.45, 7) is 4.60. The minimum absolute atomic E-state index is 0.411. The lowest BCUT2D eigenvalue weighted by molar-refractivity contribution is 0.293. The molecule has 1 saturated heterocycles. The van der Waals surface area contributed by atoms with E-state index in [0.717, 1.165) is 6.54 Å². The fraction of sp³-hybridized carbons (Fsp3) is 0.444. The van der Waals surface area contributed by atoms with Gasteiger partial charge in [-0.3, -0.25) is 0 Å². The first-order chi connectivity index (χ1) is 9.74. The first kappa shape index (κ1) is 13.6. The van der Waals surface area contributed by atoms with Crippen molar-refractivity contribution >= 4 is 10.8 Å². The van der Waals surface area contributed by atoms with E-state index in [1.165, 1.54) is 35.7 Å². The van der Waals surface area contributed by atoms with Crippen molar-refractivity contribution in [1.29, 1.82) is 0 Å². The van der Waals surface area contributed by atoms with E-state index >= 15 is 0 Å². The van der Waals surface area contributed by atoms with Crippen molar-refractivity contribution in [1.82, 2.24) is 10.2 Å². The number of nitrogens with one attached hydrogen (secondary N) is 1. The fourth-order valence-corrected chi connectivity index (χ4v) is 3.14.